The van der Waals surface area contributed by atoms with Crippen LogP contribution >= 0.6 is 27.7 Å². The van der Waals surface area contributed by atoms with Gasteiger partial charge in [0.25, 0.3) is 0 Å². The van der Waals surface area contributed by atoms with Gasteiger partial charge in [0.1, 0.15) is 5.75 Å². The van der Waals surface area contributed by atoms with E-state index in [1.807, 2.05) is 42.5 Å². The number of halogens is 1. The predicted molar refractivity (Wildman–Crippen MR) is 92.1 cm³/mol. The molecule has 0 aliphatic carbocycles. The number of benzene rings is 2. The van der Waals surface area contributed by atoms with Crippen LogP contribution in [0.25, 0.3) is 11.4 Å². The number of ether oxygens (including phenoxy) is 1. The van der Waals surface area contributed by atoms with E-state index in [2.05, 4.69) is 37.2 Å². The highest BCUT2D eigenvalue weighted by molar-refractivity contribution is 9.10. The molecule has 0 aliphatic rings. The first-order chi connectivity index (χ1) is 10.7. The number of methoxy groups -OCH3 is 1. The van der Waals surface area contributed by atoms with Crippen LogP contribution in [0, 0.1) is 0 Å². The second-order valence-electron chi connectivity index (χ2n) is 4.61. The van der Waals surface area contributed by atoms with Gasteiger partial charge in [-0.1, -0.05) is 52.0 Å². The summed E-state index contributed by atoms with van der Waals surface area (Å²) in [6, 6.07) is 16.0. The molecule has 1 heterocycles. The lowest BCUT2D eigenvalue weighted by Crippen LogP contribution is -1.86. The van der Waals surface area contributed by atoms with Crippen LogP contribution in [0.4, 0.5) is 0 Å². The Balaban J connectivity index is 1.67. The Labute approximate surface area is 141 Å². The van der Waals surface area contributed by atoms with Gasteiger partial charge in [-0.15, -0.1) is 5.10 Å². The fraction of sp³-hybridized carbons (Fsp3) is 0.125. The first-order valence-electron chi connectivity index (χ1n) is 6.68. The van der Waals surface area contributed by atoms with Gasteiger partial charge in [-0.25, -0.2) is 4.98 Å². The van der Waals surface area contributed by atoms with Crippen molar-refractivity contribution in [2.75, 3.05) is 7.11 Å². The average Bonchev–Trinajstić information content (AvgIpc) is 3.03. The van der Waals surface area contributed by atoms with E-state index in [0.29, 0.717) is 0 Å². The number of hydrogen-bond acceptors (Lipinski definition) is 4. The average molecular weight is 376 g/mol. The molecule has 112 valence electrons. The van der Waals surface area contributed by atoms with E-state index >= 15 is 0 Å². The van der Waals surface area contributed by atoms with Gasteiger partial charge >= 0.3 is 0 Å². The van der Waals surface area contributed by atoms with Gasteiger partial charge in [-0.2, -0.15) is 0 Å². The number of aromatic amines is 1. The summed E-state index contributed by atoms with van der Waals surface area (Å²) in [6.07, 6.45) is 0. The topological polar surface area (TPSA) is 50.8 Å². The van der Waals surface area contributed by atoms with Crippen LogP contribution in [0.5, 0.6) is 5.75 Å². The van der Waals surface area contributed by atoms with Gasteiger partial charge < -0.3 is 4.74 Å². The highest BCUT2D eigenvalue weighted by Crippen LogP contribution is 2.24. The number of nitrogens with one attached hydrogen (secondary N) is 1. The zero-order valence-corrected chi connectivity index (χ0v) is 14.3. The molecule has 0 saturated carbocycles. The van der Waals surface area contributed by atoms with E-state index in [-0.39, 0.29) is 0 Å². The molecular weight excluding hydrogens is 362 g/mol. The van der Waals surface area contributed by atoms with Crippen LogP contribution in [0.1, 0.15) is 5.56 Å². The van der Waals surface area contributed by atoms with Crippen molar-refractivity contribution < 1.29 is 4.74 Å². The van der Waals surface area contributed by atoms with Crippen molar-refractivity contribution in [1.82, 2.24) is 15.2 Å². The Morgan fingerprint density at radius 3 is 2.77 bits per heavy atom. The summed E-state index contributed by atoms with van der Waals surface area (Å²) in [5.41, 5.74) is 2.20. The Morgan fingerprint density at radius 2 is 2.00 bits per heavy atom. The molecule has 0 aliphatic heterocycles. The summed E-state index contributed by atoms with van der Waals surface area (Å²) in [4.78, 5) is 4.52. The molecule has 4 nitrogen and oxygen atoms in total. The smallest absolute Gasteiger partial charge is 0.209 e. The predicted octanol–water partition coefficient (Wildman–Crippen LogP) is 4.54. The first kappa shape index (κ1) is 15.1. The number of rotatable bonds is 5. The van der Waals surface area contributed by atoms with E-state index in [4.69, 9.17) is 4.74 Å². The van der Waals surface area contributed by atoms with Crippen LogP contribution in [-0.4, -0.2) is 22.3 Å². The second kappa shape index (κ2) is 6.98. The number of hydrogen-bond donors (Lipinski definition) is 1. The van der Waals surface area contributed by atoms with Crippen molar-refractivity contribution in [2.24, 2.45) is 0 Å². The lowest BCUT2D eigenvalue weighted by molar-refractivity contribution is 0.414. The SMILES string of the molecule is COc1cccc(CSc2n[nH]c(-c3ccc(Br)cc3)n2)c1. The number of aromatic nitrogens is 3. The van der Waals surface area contributed by atoms with Crippen molar-refractivity contribution in [2.45, 2.75) is 10.9 Å². The molecule has 0 radical (unpaired) electrons. The molecule has 3 rings (SSSR count). The minimum Gasteiger partial charge on any atom is -0.497 e. The summed E-state index contributed by atoms with van der Waals surface area (Å²) in [6.45, 7) is 0. The van der Waals surface area contributed by atoms with Gasteiger partial charge in [0.05, 0.1) is 7.11 Å². The number of nitrogens with zero attached hydrogens (tertiary/aromatic N) is 2. The van der Waals surface area contributed by atoms with Crippen molar-refractivity contribution in [3.63, 3.8) is 0 Å². The highest BCUT2D eigenvalue weighted by Gasteiger charge is 2.07. The van der Waals surface area contributed by atoms with Crippen LogP contribution in [0.2, 0.25) is 0 Å². The normalized spacial score (nSPS) is 10.6. The molecule has 1 aromatic heterocycles. The van der Waals surface area contributed by atoms with Crippen molar-refractivity contribution in [3.05, 3.63) is 58.6 Å². The molecule has 0 fully saturated rings. The molecular formula is C16H14BrN3OS. The van der Waals surface area contributed by atoms with Crippen LogP contribution in [0.3, 0.4) is 0 Å². The van der Waals surface area contributed by atoms with Gasteiger partial charge in [-0.05, 0) is 29.8 Å². The number of H-pyrrole nitrogens is 1. The molecule has 1 N–H and O–H groups in total. The summed E-state index contributed by atoms with van der Waals surface area (Å²) in [7, 11) is 1.67. The van der Waals surface area contributed by atoms with Crippen LogP contribution in [0.15, 0.2) is 58.2 Å². The highest BCUT2D eigenvalue weighted by atomic mass is 79.9. The Kier molecular flexibility index (Phi) is 4.80. The third kappa shape index (κ3) is 3.69. The molecule has 0 amide bonds. The third-order valence-electron chi connectivity index (χ3n) is 3.08. The van der Waals surface area contributed by atoms with E-state index in [9.17, 15) is 0 Å². The van der Waals surface area contributed by atoms with Gasteiger partial charge in [0.2, 0.25) is 5.16 Å². The molecule has 6 heteroatoms. The quantitative estimate of drug-likeness (QED) is 0.665. The largest absolute Gasteiger partial charge is 0.497 e. The van der Waals surface area contributed by atoms with E-state index in [1.54, 1.807) is 18.9 Å². The van der Waals surface area contributed by atoms with E-state index in [1.165, 1.54) is 5.56 Å². The van der Waals surface area contributed by atoms with Crippen molar-refractivity contribution >= 4 is 27.7 Å². The Hall–Kier alpha value is -1.79. The fourth-order valence-corrected chi connectivity index (χ4v) is 2.96. The molecule has 0 spiro atoms. The van der Waals surface area contributed by atoms with Crippen LogP contribution < -0.4 is 4.74 Å². The summed E-state index contributed by atoms with van der Waals surface area (Å²) in [5, 5.41) is 7.97. The maximum atomic E-state index is 5.23. The zero-order chi connectivity index (χ0) is 15.4. The Morgan fingerprint density at radius 1 is 1.18 bits per heavy atom. The number of thioether (sulfide) groups is 1. The van der Waals surface area contributed by atoms with Gasteiger partial charge in [0.15, 0.2) is 5.82 Å². The molecule has 2 aromatic carbocycles. The zero-order valence-electron chi connectivity index (χ0n) is 11.9. The molecule has 0 saturated heterocycles. The fourth-order valence-electron chi connectivity index (χ4n) is 1.96. The molecule has 0 atom stereocenters. The molecule has 0 unspecified atom stereocenters. The third-order valence-corrected chi connectivity index (χ3v) is 4.53. The lowest BCUT2D eigenvalue weighted by Gasteiger charge is -2.02. The summed E-state index contributed by atoms with van der Waals surface area (Å²) in [5.74, 6) is 2.44. The molecule has 3 aromatic rings. The summed E-state index contributed by atoms with van der Waals surface area (Å²) >= 11 is 5.02. The minimum absolute atomic E-state index is 0.737. The molecule has 0 bridgehead atoms. The van der Waals surface area contributed by atoms with Crippen molar-refractivity contribution in [3.8, 4) is 17.1 Å². The summed E-state index contributed by atoms with van der Waals surface area (Å²) < 4.78 is 6.27. The van der Waals surface area contributed by atoms with E-state index < -0.39 is 0 Å². The van der Waals surface area contributed by atoms with Gasteiger partial charge in [-0.3, -0.25) is 5.10 Å². The van der Waals surface area contributed by atoms with E-state index in [0.717, 1.165) is 32.5 Å². The maximum absolute atomic E-state index is 5.23. The van der Waals surface area contributed by atoms with Crippen molar-refractivity contribution in [1.29, 1.82) is 0 Å². The maximum Gasteiger partial charge on any atom is 0.209 e. The first-order valence-corrected chi connectivity index (χ1v) is 8.46. The monoisotopic (exact) mass is 375 g/mol. The second-order valence-corrected chi connectivity index (χ2v) is 6.47. The lowest BCUT2D eigenvalue weighted by atomic mass is 10.2. The van der Waals surface area contributed by atoms with Crippen LogP contribution in [-0.2, 0) is 5.75 Å². The molecule has 22 heavy (non-hydrogen) atoms. The van der Waals surface area contributed by atoms with Gasteiger partial charge in [0, 0.05) is 15.8 Å². The Bertz CT molecular complexity index is 758. The minimum atomic E-state index is 0.737. The standard InChI is InChI=1S/C16H14BrN3OS/c1-21-14-4-2-3-11(9-14)10-22-16-18-15(19-20-16)12-5-7-13(17)8-6-12/h2-9H,10H2,1H3,(H,18,19,20).